The van der Waals surface area contributed by atoms with Crippen LogP contribution in [0, 0.1) is 24.7 Å². The van der Waals surface area contributed by atoms with Crippen molar-refractivity contribution < 1.29 is 53.1 Å². The predicted molar refractivity (Wildman–Crippen MR) is 269 cm³/mol. The maximum Gasteiger partial charge on any atom is 0.246 e. The van der Waals surface area contributed by atoms with Gasteiger partial charge in [0.05, 0.1) is 80.0 Å². The SMILES string of the molecule is Cc1ccc(-c2ccc(OCCOCCOCCOCCOCC(=O)N[C@H](C(=O)N3C[C@H](O)C[C@H]3C(=O)N[C@@H](C)c3ccc(-c4scnc4C)cc3)C(C)(C)C)cc2)cc1C1=C(O)CC(C)(C)CC1=O. The summed E-state index contributed by atoms with van der Waals surface area (Å²) in [7, 11) is 0. The van der Waals surface area contributed by atoms with Crippen LogP contribution in [0.25, 0.3) is 27.1 Å². The number of aliphatic hydroxyl groups excluding tert-OH is 2. The average Bonchev–Trinajstić information content (AvgIpc) is 3.93. The van der Waals surface area contributed by atoms with Gasteiger partial charge in [-0.05, 0) is 83.2 Å². The van der Waals surface area contributed by atoms with E-state index in [1.807, 2.05) is 128 Å². The van der Waals surface area contributed by atoms with E-state index in [2.05, 4.69) is 15.6 Å². The summed E-state index contributed by atoms with van der Waals surface area (Å²) in [6, 6.07) is 19.4. The number of aliphatic hydroxyl groups is 2. The third-order valence-electron chi connectivity index (χ3n) is 12.5. The average molecular weight is 983 g/mol. The highest BCUT2D eigenvalue weighted by atomic mass is 32.1. The number of thiazole rings is 1. The van der Waals surface area contributed by atoms with Gasteiger partial charge < -0.3 is 49.4 Å². The Kier molecular flexibility index (Phi) is 18.9. The van der Waals surface area contributed by atoms with Gasteiger partial charge in [0.25, 0.3) is 0 Å². The van der Waals surface area contributed by atoms with Crippen molar-refractivity contribution in [2.45, 2.75) is 98.9 Å². The van der Waals surface area contributed by atoms with Crippen LogP contribution >= 0.6 is 11.3 Å². The summed E-state index contributed by atoms with van der Waals surface area (Å²) in [6.07, 6.45) is 0.0791. The minimum Gasteiger partial charge on any atom is -0.512 e. The normalized spacial score (nSPS) is 17.9. The number of nitrogens with zero attached hydrogens (tertiary/aromatic N) is 2. The number of Topliss-reactive ketones (excluding diaryl/α,β-unsaturated/α-hetero) is 1. The molecule has 3 aromatic carbocycles. The van der Waals surface area contributed by atoms with Gasteiger partial charge in [-0.15, -0.1) is 11.3 Å². The van der Waals surface area contributed by atoms with Crippen molar-refractivity contribution in [2.75, 3.05) is 66.0 Å². The van der Waals surface area contributed by atoms with Crippen LogP contribution in [0.5, 0.6) is 5.75 Å². The summed E-state index contributed by atoms with van der Waals surface area (Å²) in [4.78, 5) is 60.4. The van der Waals surface area contributed by atoms with E-state index >= 15 is 0 Å². The number of benzene rings is 3. The van der Waals surface area contributed by atoms with Crippen molar-refractivity contribution in [3.63, 3.8) is 0 Å². The smallest absolute Gasteiger partial charge is 0.246 e. The number of allylic oxidation sites excluding steroid dienone is 2. The van der Waals surface area contributed by atoms with E-state index in [1.165, 1.54) is 4.90 Å². The lowest BCUT2D eigenvalue weighted by Crippen LogP contribution is -2.58. The van der Waals surface area contributed by atoms with Crippen LogP contribution in [0.15, 0.2) is 78.0 Å². The Balaban J connectivity index is 0.819. The zero-order valence-electron chi connectivity index (χ0n) is 41.8. The molecule has 1 aromatic heterocycles. The van der Waals surface area contributed by atoms with Gasteiger partial charge in [-0.3, -0.25) is 19.2 Å². The third-order valence-corrected chi connectivity index (χ3v) is 13.4. The highest BCUT2D eigenvalue weighted by molar-refractivity contribution is 7.13. The summed E-state index contributed by atoms with van der Waals surface area (Å²) in [5, 5.41) is 27.2. The Labute approximate surface area is 415 Å². The largest absolute Gasteiger partial charge is 0.512 e. The van der Waals surface area contributed by atoms with Crippen molar-refractivity contribution >= 4 is 40.4 Å². The van der Waals surface area contributed by atoms with Crippen molar-refractivity contribution in [3.8, 4) is 27.3 Å². The van der Waals surface area contributed by atoms with Gasteiger partial charge in [0.15, 0.2) is 5.78 Å². The summed E-state index contributed by atoms with van der Waals surface area (Å²) in [5.74, 6) is -0.483. The quantitative estimate of drug-likeness (QED) is 0.0534. The van der Waals surface area contributed by atoms with E-state index in [1.54, 1.807) is 11.3 Å². The molecule has 1 aliphatic heterocycles. The second-order valence-electron chi connectivity index (χ2n) is 19.9. The van der Waals surface area contributed by atoms with Crippen molar-refractivity contribution in [1.29, 1.82) is 0 Å². The fourth-order valence-electron chi connectivity index (χ4n) is 8.67. The Hall–Kier alpha value is -5.49. The Morgan fingerprint density at radius 1 is 0.829 bits per heavy atom. The van der Waals surface area contributed by atoms with Gasteiger partial charge in [-0.2, -0.15) is 0 Å². The van der Waals surface area contributed by atoms with Gasteiger partial charge >= 0.3 is 0 Å². The molecule has 6 rings (SSSR count). The molecular weight excluding hydrogens is 913 g/mol. The topological polar surface area (TPSA) is 195 Å². The Morgan fingerprint density at radius 3 is 2.03 bits per heavy atom. The molecule has 2 heterocycles. The second-order valence-corrected chi connectivity index (χ2v) is 20.8. The first-order chi connectivity index (χ1) is 33.3. The Morgan fingerprint density at radius 2 is 1.43 bits per heavy atom. The number of hydrogen-bond acceptors (Lipinski definition) is 13. The minimum absolute atomic E-state index is 0.0243. The monoisotopic (exact) mass is 982 g/mol. The molecule has 1 saturated heterocycles. The van der Waals surface area contributed by atoms with E-state index in [0.29, 0.717) is 63.8 Å². The molecule has 378 valence electrons. The van der Waals surface area contributed by atoms with Crippen LogP contribution in [-0.2, 0) is 38.1 Å². The molecule has 16 heteroatoms. The first-order valence-electron chi connectivity index (χ1n) is 24.0. The second kappa shape index (κ2) is 24.6. The Bertz CT molecular complexity index is 2440. The van der Waals surface area contributed by atoms with Crippen molar-refractivity contribution in [2.24, 2.45) is 10.8 Å². The minimum atomic E-state index is -0.974. The summed E-state index contributed by atoms with van der Waals surface area (Å²) in [5.41, 5.74) is 7.80. The zero-order chi connectivity index (χ0) is 50.6. The molecule has 4 N–H and O–H groups in total. The third kappa shape index (κ3) is 14.8. The first kappa shape index (κ1) is 53.9. The number of nitrogens with one attached hydrogen (secondary N) is 2. The number of amides is 3. The molecule has 4 aromatic rings. The molecule has 70 heavy (non-hydrogen) atoms. The van der Waals surface area contributed by atoms with Crippen LogP contribution < -0.4 is 15.4 Å². The lowest BCUT2D eigenvalue weighted by atomic mass is 9.74. The van der Waals surface area contributed by atoms with Crippen LogP contribution in [0.1, 0.15) is 89.2 Å². The standard InChI is InChI=1S/C54H70N4O11S/c1-34-9-10-40(27-43(34)48-45(60)29-54(7,8)30-46(48)61)38-15-17-42(18-16-38)69-26-25-67-22-21-65-19-20-66-23-24-68-32-47(62)57-50(53(4,5)6)52(64)58-31-41(59)28-44(58)51(63)56-35(2)37-11-13-39(14-12-37)49-36(3)55-33-70-49/h9-18,27,33,35,41,44,50,59-60H,19-26,28-32H2,1-8H3,(H,56,63)(H,57,62)/t35-,41+,44-,50+/m0/s1. The molecule has 2 aliphatic rings. The molecule has 3 amide bonds. The van der Waals surface area contributed by atoms with Crippen LogP contribution in [0.3, 0.4) is 0 Å². The van der Waals surface area contributed by atoms with Gasteiger partial charge in [0, 0.05) is 25.8 Å². The number of carbonyl (C=O) groups is 4. The molecule has 1 fully saturated rings. The lowest BCUT2D eigenvalue weighted by Gasteiger charge is -2.35. The van der Waals surface area contributed by atoms with Crippen molar-refractivity contribution in [1.82, 2.24) is 20.5 Å². The molecule has 15 nitrogen and oxygen atoms in total. The summed E-state index contributed by atoms with van der Waals surface area (Å²) in [6.45, 7) is 17.5. The van der Waals surface area contributed by atoms with E-state index in [9.17, 15) is 29.4 Å². The molecule has 1 aliphatic carbocycles. The van der Waals surface area contributed by atoms with Crippen LogP contribution in [0.4, 0.5) is 0 Å². The molecule has 0 saturated carbocycles. The molecule has 0 spiro atoms. The molecule has 0 unspecified atom stereocenters. The molecule has 0 bridgehead atoms. The van der Waals surface area contributed by atoms with Gasteiger partial charge in [-0.1, -0.05) is 83.1 Å². The predicted octanol–water partition coefficient (Wildman–Crippen LogP) is 7.57. The van der Waals surface area contributed by atoms with E-state index in [4.69, 9.17) is 23.7 Å². The van der Waals surface area contributed by atoms with Gasteiger partial charge in [0.2, 0.25) is 17.7 Å². The van der Waals surface area contributed by atoms with Crippen LogP contribution in [-0.4, -0.2) is 128 Å². The van der Waals surface area contributed by atoms with E-state index < -0.39 is 35.4 Å². The fourth-order valence-corrected chi connectivity index (χ4v) is 9.48. The molecule has 0 radical (unpaired) electrons. The summed E-state index contributed by atoms with van der Waals surface area (Å²) >= 11 is 1.57. The number of carbonyl (C=O) groups excluding carboxylic acids is 4. The lowest BCUT2D eigenvalue weighted by molar-refractivity contribution is -0.144. The number of β-amino-alcohol motifs (C(OH)–C–C–N with tert-alkyl or cyclic N) is 1. The first-order valence-corrected chi connectivity index (χ1v) is 24.9. The van der Waals surface area contributed by atoms with Crippen LogP contribution in [0.2, 0.25) is 0 Å². The zero-order valence-corrected chi connectivity index (χ0v) is 42.6. The number of hydrogen-bond donors (Lipinski definition) is 4. The highest BCUT2D eigenvalue weighted by Gasteiger charge is 2.45. The summed E-state index contributed by atoms with van der Waals surface area (Å²) < 4.78 is 28.2. The highest BCUT2D eigenvalue weighted by Crippen LogP contribution is 2.41. The number of aromatic nitrogens is 1. The fraction of sp³-hybridized carbons (Fsp3) is 0.500. The number of rotatable bonds is 23. The molecular formula is C54H70N4O11S. The van der Waals surface area contributed by atoms with Gasteiger partial charge in [-0.25, -0.2) is 4.98 Å². The van der Waals surface area contributed by atoms with E-state index in [0.717, 1.165) is 44.0 Å². The van der Waals surface area contributed by atoms with Crippen molar-refractivity contribution in [3.05, 3.63) is 100 Å². The maximum absolute atomic E-state index is 14.0. The van der Waals surface area contributed by atoms with Gasteiger partial charge in [0.1, 0.15) is 36.8 Å². The number of aryl methyl sites for hydroxylation is 2. The number of likely N-dealkylation sites (tertiary alicyclic amines) is 1. The molecule has 4 atom stereocenters. The van der Waals surface area contributed by atoms with E-state index in [-0.39, 0.29) is 61.7 Å². The maximum atomic E-state index is 14.0. The number of ketones is 1. The number of ether oxygens (including phenoxy) is 5.